The molecule has 1 aliphatic heterocycles. The van der Waals surface area contributed by atoms with Crippen LogP contribution in [0, 0.1) is 6.92 Å². The lowest BCUT2D eigenvalue weighted by Crippen LogP contribution is -2.42. The van der Waals surface area contributed by atoms with Gasteiger partial charge in [0.25, 0.3) is 0 Å². The molecule has 0 saturated heterocycles. The maximum Gasteiger partial charge on any atom is 0.410 e. The Morgan fingerprint density at radius 2 is 2.05 bits per heavy atom. The number of hydrogen-bond donors (Lipinski definition) is 0. The Kier molecular flexibility index (Phi) is 3.57. The van der Waals surface area contributed by atoms with E-state index in [1.807, 2.05) is 25.7 Å². The van der Waals surface area contributed by atoms with Gasteiger partial charge in [0.2, 0.25) is 0 Å². The van der Waals surface area contributed by atoms with Crippen LogP contribution in [0.25, 0.3) is 0 Å². The molecule has 1 atom stereocenters. The lowest BCUT2D eigenvalue weighted by atomic mass is 9.90. The Labute approximate surface area is 115 Å². The molecule has 1 unspecified atom stereocenters. The average Bonchev–Trinajstić information content (AvgIpc) is 2.28. The van der Waals surface area contributed by atoms with Gasteiger partial charge in [-0.05, 0) is 57.7 Å². The van der Waals surface area contributed by atoms with Crippen molar-refractivity contribution in [2.75, 3.05) is 6.54 Å². The molecular formula is C16H23NO2. The van der Waals surface area contributed by atoms with Gasteiger partial charge in [0.1, 0.15) is 5.60 Å². The summed E-state index contributed by atoms with van der Waals surface area (Å²) in [6, 6.07) is 6.39. The van der Waals surface area contributed by atoms with Gasteiger partial charge in [-0.3, -0.25) is 0 Å². The van der Waals surface area contributed by atoms with Gasteiger partial charge in [-0.25, -0.2) is 4.79 Å². The second kappa shape index (κ2) is 4.87. The predicted molar refractivity (Wildman–Crippen MR) is 76.2 cm³/mol. The Balaban J connectivity index is 2.22. The summed E-state index contributed by atoms with van der Waals surface area (Å²) < 4.78 is 5.48. The summed E-state index contributed by atoms with van der Waals surface area (Å²) in [5.74, 6) is 0. The summed E-state index contributed by atoms with van der Waals surface area (Å²) in [5, 5.41) is 0. The van der Waals surface area contributed by atoms with E-state index in [9.17, 15) is 4.79 Å². The minimum atomic E-state index is -0.441. The van der Waals surface area contributed by atoms with Gasteiger partial charge in [-0.15, -0.1) is 0 Å². The van der Waals surface area contributed by atoms with Crippen molar-refractivity contribution in [1.29, 1.82) is 0 Å². The van der Waals surface area contributed by atoms with Crippen molar-refractivity contribution in [1.82, 2.24) is 4.90 Å². The molecule has 0 N–H and O–H groups in total. The zero-order valence-corrected chi connectivity index (χ0v) is 12.5. The van der Waals surface area contributed by atoms with Crippen LogP contribution in [0.15, 0.2) is 18.2 Å². The first kappa shape index (κ1) is 13.9. The number of benzene rings is 1. The van der Waals surface area contributed by atoms with Crippen LogP contribution in [0.1, 0.15) is 50.4 Å². The highest BCUT2D eigenvalue weighted by Gasteiger charge is 2.31. The molecule has 0 saturated carbocycles. The summed E-state index contributed by atoms with van der Waals surface area (Å²) >= 11 is 0. The minimum absolute atomic E-state index is 0.0819. The average molecular weight is 261 g/mol. The summed E-state index contributed by atoms with van der Waals surface area (Å²) in [6.07, 6.45) is 0.693. The monoisotopic (exact) mass is 261 g/mol. The molecule has 2 rings (SSSR count). The zero-order valence-electron chi connectivity index (χ0n) is 12.5. The van der Waals surface area contributed by atoms with Gasteiger partial charge in [-0.2, -0.15) is 0 Å². The lowest BCUT2D eigenvalue weighted by Gasteiger charge is -2.36. The fourth-order valence-electron chi connectivity index (χ4n) is 2.62. The third-order valence-electron chi connectivity index (χ3n) is 3.59. The minimum Gasteiger partial charge on any atom is -0.444 e. The Morgan fingerprint density at radius 3 is 2.68 bits per heavy atom. The van der Waals surface area contributed by atoms with E-state index in [4.69, 9.17) is 4.74 Å². The second-order valence-corrected chi connectivity index (χ2v) is 6.24. The first-order chi connectivity index (χ1) is 8.79. The van der Waals surface area contributed by atoms with Gasteiger partial charge >= 0.3 is 6.09 Å². The van der Waals surface area contributed by atoms with E-state index in [1.54, 1.807) is 0 Å². The highest BCUT2D eigenvalue weighted by molar-refractivity contribution is 5.69. The van der Waals surface area contributed by atoms with Crippen molar-refractivity contribution in [3.8, 4) is 0 Å². The van der Waals surface area contributed by atoms with E-state index < -0.39 is 5.60 Å². The number of hydrogen-bond acceptors (Lipinski definition) is 2. The van der Waals surface area contributed by atoms with Crippen molar-refractivity contribution in [2.45, 2.75) is 52.7 Å². The van der Waals surface area contributed by atoms with Crippen molar-refractivity contribution < 1.29 is 9.53 Å². The number of ether oxygens (including phenoxy) is 1. The van der Waals surface area contributed by atoms with Crippen LogP contribution >= 0.6 is 0 Å². The molecule has 0 fully saturated rings. The molecule has 3 heteroatoms. The van der Waals surface area contributed by atoms with E-state index in [1.165, 1.54) is 16.7 Å². The highest BCUT2D eigenvalue weighted by Crippen LogP contribution is 2.32. The van der Waals surface area contributed by atoms with Gasteiger partial charge in [0, 0.05) is 6.54 Å². The number of aryl methyl sites for hydroxylation is 1. The normalized spacial score (nSPS) is 19.0. The van der Waals surface area contributed by atoms with Crippen LogP contribution < -0.4 is 0 Å². The number of fused-ring (bicyclic) bond motifs is 1. The van der Waals surface area contributed by atoms with Crippen LogP contribution in [0.5, 0.6) is 0 Å². The highest BCUT2D eigenvalue weighted by atomic mass is 16.6. The Bertz CT molecular complexity index is 488. The summed E-state index contributed by atoms with van der Waals surface area (Å²) in [4.78, 5) is 14.0. The lowest BCUT2D eigenvalue weighted by molar-refractivity contribution is 0.0159. The maximum absolute atomic E-state index is 12.2. The van der Waals surface area contributed by atoms with Gasteiger partial charge in [0.05, 0.1) is 6.04 Å². The predicted octanol–water partition coefficient (Wildman–Crippen LogP) is 3.85. The first-order valence-corrected chi connectivity index (χ1v) is 6.87. The molecule has 1 aromatic rings. The van der Waals surface area contributed by atoms with E-state index in [0.717, 1.165) is 13.0 Å². The number of carbonyl (C=O) groups is 1. The Morgan fingerprint density at radius 1 is 1.37 bits per heavy atom. The van der Waals surface area contributed by atoms with Crippen LogP contribution in [0.2, 0.25) is 0 Å². The molecular weight excluding hydrogens is 238 g/mol. The van der Waals surface area contributed by atoms with Crippen molar-refractivity contribution >= 4 is 6.09 Å². The smallest absolute Gasteiger partial charge is 0.410 e. The van der Waals surface area contributed by atoms with E-state index in [0.29, 0.717) is 0 Å². The first-order valence-electron chi connectivity index (χ1n) is 6.87. The molecule has 3 nitrogen and oxygen atoms in total. The summed E-state index contributed by atoms with van der Waals surface area (Å²) in [5.41, 5.74) is 3.50. The molecule has 0 aliphatic carbocycles. The van der Waals surface area contributed by atoms with Crippen LogP contribution in [-0.2, 0) is 11.2 Å². The van der Waals surface area contributed by atoms with Gasteiger partial charge in [-0.1, -0.05) is 18.2 Å². The van der Waals surface area contributed by atoms with Crippen LogP contribution in [-0.4, -0.2) is 23.1 Å². The van der Waals surface area contributed by atoms with E-state index >= 15 is 0 Å². The molecule has 104 valence electrons. The third-order valence-corrected chi connectivity index (χ3v) is 3.59. The molecule has 1 aliphatic rings. The molecule has 1 aromatic carbocycles. The van der Waals surface area contributed by atoms with E-state index in [2.05, 4.69) is 32.0 Å². The number of nitrogens with zero attached hydrogens (tertiary/aromatic N) is 1. The molecule has 0 radical (unpaired) electrons. The summed E-state index contributed by atoms with van der Waals surface area (Å²) in [6.45, 7) is 10.6. The fourth-order valence-corrected chi connectivity index (χ4v) is 2.62. The quantitative estimate of drug-likeness (QED) is 0.710. The molecule has 19 heavy (non-hydrogen) atoms. The van der Waals surface area contributed by atoms with Crippen LogP contribution in [0.4, 0.5) is 4.79 Å². The summed E-state index contributed by atoms with van der Waals surface area (Å²) in [7, 11) is 0. The van der Waals surface area contributed by atoms with E-state index in [-0.39, 0.29) is 12.1 Å². The topological polar surface area (TPSA) is 29.5 Å². The van der Waals surface area contributed by atoms with Crippen molar-refractivity contribution in [2.24, 2.45) is 0 Å². The standard InChI is InChI=1S/C16H23NO2/c1-11-7-6-8-14-12(2)17(10-9-13(11)14)15(18)19-16(3,4)5/h6-8,12H,9-10H2,1-5H3. The fraction of sp³-hybridized carbons (Fsp3) is 0.562. The SMILES string of the molecule is Cc1cccc2c1CCN(C(=O)OC(C)(C)C)C2C. The maximum atomic E-state index is 12.2. The third kappa shape index (κ3) is 2.91. The zero-order chi connectivity index (χ0) is 14.2. The number of carbonyl (C=O) groups excluding carboxylic acids is 1. The number of rotatable bonds is 0. The van der Waals surface area contributed by atoms with Crippen molar-refractivity contribution in [3.63, 3.8) is 0 Å². The molecule has 0 bridgehead atoms. The molecule has 1 amide bonds. The van der Waals surface area contributed by atoms with Crippen LogP contribution in [0.3, 0.4) is 0 Å². The van der Waals surface area contributed by atoms with Crippen molar-refractivity contribution in [3.05, 3.63) is 34.9 Å². The largest absolute Gasteiger partial charge is 0.444 e. The van der Waals surface area contributed by atoms with Gasteiger partial charge in [0.15, 0.2) is 0 Å². The Hall–Kier alpha value is -1.51. The molecule has 0 aromatic heterocycles. The molecule has 1 heterocycles. The van der Waals surface area contributed by atoms with Gasteiger partial charge < -0.3 is 9.64 Å². The second-order valence-electron chi connectivity index (χ2n) is 6.24. The molecule has 0 spiro atoms. The number of amides is 1.